The minimum atomic E-state index is -0.350. The zero-order valence-electron chi connectivity index (χ0n) is 46.3. The lowest BCUT2D eigenvalue weighted by Gasteiger charge is -2.53. The van der Waals surface area contributed by atoms with Crippen molar-refractivity contribution in [1.29, 1.82) is 0 Å². The van der Waals surface area contributed by atoms with Gasteiger partial charge in [0.05, 0.1) is 11.2 Å². The second kappa shape index (κ2) is 17.6. The van der Waals surface area contributed by atoms with Gasteiger partial charge in [0, 0.05) is 50.8 Å². The molecule has 4 heteroatoms. The molecule has 0 N–H and O–H groups in total. The number of benzene rings is 10. The number of hydrogen-bond acceptors (Lipinski definition) is 3. The summed E-state index contributed by atoms with van der Waals surface area (Å²) in [7, 11) is 0. The minimum absolute atomic E-state index is 0.00122. The first-order chi connectivity index (χ1) is 37.7. The van der Waals surface area contributed by atoms with Gasteiger partial charge < -0.3 is 14.7 Å². The minimum Gasteiger partial charge on any atom is -0.334 e. The lowest BCUT2D eigenvalue weighted by Crippen LogP contribution is -2.62. The van der Waals surface area contributed by atoms with Crippen LogP contribution in [0.15, 0.2) is 231 Å². The van der Waals surface area contributed by atoms with Gasteiger partial charge >= 0.3 is 0 Å². The SMILES string of the molecule is Cc1cc2c3c(c1)N(c1ccc(C(C)(C)C)cc1-c1ccccc1)c1ccc(-c4ccccc4)cc1B3c1ccc(N3c4ccccc4C4(c5ccccc5)Cc5ccccc5CC34C)cc1N2c1ccc(C(C)(C)C)cc1. The number of rotatable bonds is 6. The van der Waals surface area contributed by atoms with Crippen molar-refractivity contribution in [3.05, 3.63) is 269 Å². The Morgan fingerprint density at radius 2 is 0.987 bits per heavy atom. The van der Waals surface area contributed by atoms with E-state index in [2.05, 4.69) is 301 Å². The summed E-state index contributed by atoms with van der Waals surface area (Å²) in [5.74, 6) is 0. The van der Waals surface area contributed by atoms with Crippen molar-refractivity contribution in [1.82, 2.24) is 0 Å². The standard InChI is InChI=1S/C74H66BN3/c1-49-42-68-70-69(43-49)77(64-41-35-57(72(5,6)7)45-60(64)51-24-14-10-15-25-51)66-40-32-52(50-22-12-9-13-23-50)44-63(66)75(70)62-39-38-59(46-67(62)76(68)58-36-33-55(34-37-58)71(2,3)4)78-65-31-21-20-30-61(65)74(56-28-16-11-17-29-56)48-54-27-19-18-26-53(54)47-73(74,78)8/h9-46H,47-48H2,1-8H3. The van der Waals surface area contributed by atoms with Crippen molar-refractivity contribution < 1.29 is 0 Å². The summed E-state index contributed by atoms with van der Waals surface area (Å²) in [6.45, 7) is 18.7. The quantitative estimate of drug-likeness (QED) is 0.154. The molecule has 0 aromatic heterocycles. The molecule has 3 aliphatic heterocycles. The van der Waals surface area contributed by atoms with Gasteiger partial charge in [-0.15, -0.1) is 0 Å². The molecule has 0 bridgehead atoms. The third-order valence-electron chi connectivity index (χ3n) is 18.1. The first-order valence-corrected chi connectivity index (χ1v) is 28.1. The Kier molecular flexibility index (Phi) is 10.8. The summed E-state index contributed by atoms with van der Waals surface area (Å²) in [5.41, 5.74) is 27.2. The molecule has 4 aliphatic rings. The summed E-state index contributed by atoms with van der Waals surface area (Å²) in [4.78, 5) is 7.97. The topological polar surface area (TPSA) is 9.72 Å². The first-order valence-electron chi connectivity index (χ1n) is 28.1. The highest BCUT2D eigenvalue weighted by Crippen LogP contribution is 2.63. The normalized spacial score (nSPS) is 17.9. The van der Waals surface area contributed by atoms with Crippen molar-refractivity contribution in [2.45, 2.75) is 90.0 Å². The van der Waals surface area contributed by atoms with Gasteiger partial charge in [-0.2, -0.15) is 0 Å². The molecule has 14 rings (SSSR count). The Morgan fingerprint density at radius 3 is 1.68 bits per heavy atom. The Hall–Kier alpha value is -8.34. The number of fused-ring (bicyclic) bond motifs is 8. The van der Waals surface area contributed by atoms with Crippen molar-refractivity contribution in [3.8, 4) is 22.3 Å². The second-order valence-electron chi connectivity index (χ2n) is 24.9. The third kappa shape index (κ3) is 7.25. The molecule has 0 amide bonds. The average Bonchev–Trinajstić information content (AvgIpc) is 3.08. The number of aryl methyl sites for hydroxylation is 1. The molecular formula is C74H66BN3. The Bertz CT molecular complexity index is 3980. The lowest BCUT2D eigenvalue weighted by atomic mass is 9.33. The van der Waals surface area contributed by atoms with Crippen LogP contribution in [0.2, 0.25) is 0 Å². The maximum atomic E-state index is 2.75. The summed E-state index contributed by atoms with van der Waals surface area (Å²) >= 11 is 0. The van der Waals surface area contributed by atoms with Crippen LogP contribution in [0, 0.1) is 6.92 Å². The molecule has 1 aliphatic carbocycles. The van der Waals surface area contributed by atoms with Crippen LogP contribution >= 0.6 is 0 Å². The van der Waals surface area contributed by atoms with Gasteiger partial charge in [0.1, 0.15) is 0 Å². The number of para-hydroxylation sites is 1. The smallest absolute Gasteiger partial charge is 0.252 e. The maximum Gasteiger partial charge on any atom is 0.252 e. The molecule has 0 saturated carbocycles. The Morgan fingerprint density at radius 1 is 0.410 bits per heavy atom. The molecular weight excluding hydrogens is 942 g/mol. The van der Waals surface area contributed by atoms with Crippen LogP contribution in [0.25, 0.3) is 22.3 Å². The molecule has 380 valence electrons. The average molecular weight is 1010 g/mol. The van der Waals surface area contributed by atoms with Gasteiger partial charge in [-0.05, 0) is 170 Å². The molecule has 78 heavy (non-hydrogen) atoms. The van der Waals surface area contributed by atoms with E-state index in [1.165, 1.54) is 117 Å². The Labute approximate surface area is 462 Å². The van der Waals surface area contributed by atoms with Crippen molar-refractivity contribution in [2.75, 3.05) is 14.7 Å². The van der Waals surface area contributed by atoms with E-state index < -0.39 is 0 Å². The first kappa shape index (κ1) is 48.1. The van der Waals surface area contributed by atoms with Crippen LogP contribution in [0.3, 0.4) is 0 Å². The summed E-state index contributed by atoms with van der Waals surface area (Å²) < 4.78 is 0. The largest absolute Gasteiger partial charge is 0.334 e. The van der Waals surface area contributed by atoms with E-state index in [0.717, 1.165) is 18.5 Å². The molecule has 2 atom stereocenters. The summed E-state index contributed by atoms with van der Waals surface area (Å²) in [6.07, 6.45) is 1.83. The van der Waals surface area contributed by atoms with Crippen LogP contribution in [0.4, 0.5) is 45.5 Å². The van der Waals surface area contributed by atoms with Crippen LogP contribution < -0.4 is 31.1 Å². The molecule has 0 saturated heterocycles. The highest BCUT2D eigenvalue weighted by molar-refractivity contribution is 7.00. The molecule has 10 aromatic carbocycles. The van der Waals surface area contributed by atoms with E-state index in [1.807, 2.05) is 0 Å². The molecule has 10 aromatic rings. The van der Waals surface area contributed by atoms with Gasteiger partial charge in [-0.1, -0.05) is 211 Å². The van der Waals surface area contributed by atoms with Crippen molar-refractivity contribution in [3.63, 3.8) is 0 Å². The van der Waals surface area contributed by atoms with E-state index in [9.17, 15) is 0 Å². The summed E-state index contributed by atoms with van der Waals surface area (Å²) in [6, 6.07) is 88.3. The van der Waals surface area contributed by atoms with Gasteiger partial charge in [0.15, 0.2) is 0 Å². The zero-order valence-corrected chi connectivity index (χ0v) is 46.3. The monoisotopic (exact) mass is 1010 g/mol. The fourth-order valence-electron chi connectivity index (χ4n) is 14.3. The molecule has 3 heterocycles. The fraction of sp³-hybridized carbons (Fsp3) is 0.189. The highest BCUT2D eigenvalue weighted by atomic mass is 15.3. The number of anilines is 8. The van der Waals surface area contributed by atoms with Crippen LogP contribution in [-0.2, 0) is 29.1 Å². The fourth-order valence-corrected chi connectivity index (χ4v) is 14.3. The molecule has 0 radical (unpaired) electrons. The van der Waals surface area contributed by atoms with Gasteiger partial charge in [0.2, 0.25) is 0 Å². The number of hydrogen-bond donors (Lipinski definition) is 0. The van der Waals surface area contributed by atoms with Crippen LogP contribution in [-0.4, -0.2) is 12.3 Å². The van der Waals surface area contributed by atoms with Crippen molar-refractivity contribution in [2.24, 2.45) is 0 Å². The zero-order chi connectivity index (χ0) is 53.3. The third-order valence-corrected chi connectivity index (χ3v) is 18.1. The maximum absolute atomic E-state index is 2.75. The van der Waals surface area contributed by atoms with Gasteiger partial charge in [0.25, 0.3) is 6.71 Å². The van der Waals surface area contributed by atoms with Crippen LogP contribution in [0.5, 0.6) is 0 Å². The highest BCUT2D eigenvalue weighted by Gasteiger charge is 2.62. The predicted octanol–water partition coefficient (Wildman–Crippen LogP) is 17.0. The van der Waals surface area contributed by atoms with E-state index in [0.29, 0.717) is 0 Å². The van der Waals surface area contributed by atoms with Crippen LogP contribution in [0.1, 0.15) is 87.4 Å². The van der Waals surface area contributed by atoms with E-state index in [1.54, 1.807) is 0 Å². The predicted molar refractivity (Wildman–Crippen MR) is 332 cm³/mol. The van der Waals surface area contributed by atoms with E-state index >= 15 is 0 Å². The van der Waals surface area contributed by atoms with Gasteiger partial charge in [-0.3, -0.25) is 0 Å². The number of nitrogens with zero attached hydrogens (tertiary/aromatic N) is 3. The van der Waals surface area contributed by atoms with E-state index in [-0.39, 0.29) is 28.5 Å². The molecule has 2 unspecified atom stereocenters. The lowest BCUT2D eigenvalue weighted by molar-refractivity contribution is 0.281. The molecule has 3 nitrogen and oxygen atoms in total. The Balaban J connectivity index is 1.05. The molecule has 0 spiro atoms. The van der Waals surface area contributed by atoms with Gasteiger partial charge in [-0.25, -0.2) is 0 Å². The summed E-state index contributed by atoms with van der Waals surface area (Å²) in [5, 5.41) is 0. The second-order valence-corrected chi connectivity index (χ2v) is 24.9. The van der Waals surface area contributed by atoms with E-state index in [4.69, 9.17) is 0 Å². The molecule has 0 fully saturated rings. The van der Waals surface area contributed by atoms with Crippen molar-refractivity contribution >= 4 is 68.6 Å².